The minimum atomic E-state index is -3.65. The van der Waals surface area contributed by atoms with Gasteiger partial charge in [0, 0.05) is 13.1 Å². The predicted molar refractivity (Wildman–Crippen MR) is 87.0 cm³/mol. The van der Waals surface area contributed by atoms with E-state index >= 15 is 0 Å². The molecule has 22 heavy (non-hydrogen) atoms. The summed E-state index contributed by atoms with van der Waals surface area (Å²) in [6.45, 7) is 4.22. The van der Waals surface area contributed by atoms with Gasteiger partial charge in [-0.25, -0.2) is 16.8 Å². The molecule has 1 heterocycles. The molecule has 5 nitrogen and oxygen atoms in total. The second-order valence-electron chi connectivity index (χ2n) is 6.32. The summed E-state index contributed by atoms with van der Waals surface area (Å²) in [4.78, 5) is 0.215. The second-order valence-corrected chi connectivity index (χ2v) is 10.5. The normalized spacial score (nSPS) is 21.6. The molecule has 1 aliphatic rings. The van der Waals surface area contributed by atoms with Crippen molar-refractivity contribution < 1.29 is 16.8 Å². The van der Waals surface area contributed by atoms with Crippen molar-refractivity contribution >= 4 is 19.9 Å². The lowest BCUT2D eigenvalue weighted by molar-refractivity contribution is 0.394. The Morgan fingerprint density at radius 2 is 1.82 bits per heavy atom. The van der Waals surface area contributed by atoms with Crippen LogP contribution in [0.1, 0.15) is 25.8 Å². The van der Waals surface area contributed by atoms with Crippen molar-refractivity contribution in [2.75, 3.05) is 18.6 Å². The van der Waals surface area contributed by atoms with Crippen molar-refractivity contribution in [1.82, 2.24) is 4.31 Å². The van der Waals surface area contributed by atoms with Crippen molar-refractivity contribution in [2.45, 2.75) is 37.6 Å². The van der Waals surface area contributed by atoms with Gasteiger partial charge in [0.25, 0.3) is 0 Å². The molecule has 0 aromatic heterocycles. The highest BCUT2D eigenvalue weighted by Crippen LogP contribution is 2.24. The number of rotatable bonds is 5. The Balaban J connectivity index is 2.19. The summed E-state index contributed by atoms with van der Waals surface area (Å²) in [5.41, 5.74) is 1.10. The van der Waals surface area contributed by atoms with Gasteiger partial charge in [0.15, 0.2) is 9.84 Å². The molecule has 0 aliphatic carbocycles. The summed E-state index contributed by atoms with van der Waals surface area (Å²) in [6.07, 6.45) is 1.26. The first-order valence-electron chi connectivity index (χ1n) is 7.39. The second kappa shape index (κ2) is 6.29. The van der Waals surface area contributed by atoms with Gasteiger partial charge in [0.2, 0.25) is 10.0 Å². The van der Waals surface area contributed by atoms with Crippen molar-refractivity contribution in [3.63, 3.8) is 0 Å². The monoisotopic (exact) mass is 345 g/mol. The molecule has 1 fully saturated rings. The molecule has 1 unspecified atom stereocenters. The van der Waals surface area contributed by atoms with Crippen molar-refractivity contribution in [3.05, 3.63) is 29.8 Å². The molecule has 0 radical (unpaired) electrons. The molecule has 1 aromatic carbocycles. The third kappa shape index (κ3) is 3.88. The maximum absolute atomic E-state index is 12.6. The quantitative estimate of drug-likeness (QED) is 0.814. The zero-order chi connectivity index (χ0) is 16.5. The van der Waals surface area contributed by atoms with Gasteiger partial charge in [-0.15, -0.1) is 0 Å². The van der Waals surface area contributed by atoms with Crippen LogP contribution in [0.2, 0.25) is 0 Å². The highest BCUT2D eigenvalue weighted by Gasteiger charge is 2.36. The molecular formula is C15H23NO4S2. The van der Waals surface area contributed by atoms with E-state index in [1.807, 2.05) is 12.1 Å². The van der Waals surface area contributed by atoms with Crippen LogP contribution in [-0.2, 0) is 26.3 Å². The lowest BCUT2D eigenvalue weighted by Crippen LogP contribution is -2.37. The van der Waals surface area contributed by atoms with Gasteiger partial charge in [-0.05, 0) is 36.5 Å². The van der Waals surface area contributed by atoms with Crippen LogP contribution in [0.25, 0.3) is 0 Å². The van der Waals surface area contributed by atoms with E-state index in [1.165, 1.54) is 11.4 Å². The standard InChI is InChI=1S/C15H23NO4S2/c1-12(2)10-13-4-6-15(7-5-13)22(19,20)16(3)14-8-9-21(17,18)11-14/h4-7,12,14H,8-11H2,1-3H3. The average molecular weight is 345 g/mol. The van der Waals surface area contributed by atoms with Crippen LogP contribution in [0, 0.1) is 5.92 Å². The van der Waals surface area contributed by atoms with E-state index in [4.69, 9.17) is 0 Å². The molecule has 1 aliphatic heterocycles. The Labute approximate surface area is 133 Å². The Kier molecular flexibility index (Phi) is 4.99. The summed E-state index contributed by atoms with van der Waals surface area (Å²) in [5.74, 6) is 0.479. The van der Waals surface area contributed by atoms with E-state index in [2.05, 4.69) is 13.8 Å². The molecule has 1 atom stereocenters. The summed E-state index contributed by atoms with van der Waals surface area (Å²) in [6, 6.07) is 6.39. The number of nitrogens with zero attached hydrogens (tertiary/aromatic N) is 1. The molecule has 0 N–H and O–H groups in total. The molecule has 0 bridgehead atoms. The number of sulfonamides is 1. The molecule has 0 amide bonds. The Hall–Kier alpha value is -0.920. The van der Waals surface area contributed by atoms with Gasteiger partial charge in [0.05, 0.1) is 16.4 Å². The van der Waals surface area contributed by atoms with Crippen molar-refractivity contribution in [3.8, 4) is 0 Å². The highest BCUT2D eigenvalue weighted by atomic mass is 32.2. The van der Waals surface area contributed by atoms with E-state index in [9.17, 15) is 16.8 Å². The fourth-order valence-electron chi connectivity index (χ4n) is 2.69. The summed E-state index contributed by atoms with van der Waals surface area (Å²) in [5, 5.41) is 0. The van der Waals surface area contributed by atoms with Gasteiger partial charge in [-0.2, -0.15) is 4.31 Å². The predicted octanol–water partition coefficient (Wildman–Crippen LogP) is 1.69. The van der Waals surface area contributed by atoms with Gasteiger partial charge in [-0.3, -0.25) is 0 Å². The van der Waals surface area contributed by atoms with E-state index in [0.29, 0.717) is 12.3 Å². The van der Waals surface area contributed by atoms with E-state index in [1.54, 1.807) is 12.1 Å². The summed E-state index contributed by atoms with van der Waals surface area (Å²) >= 11 is 0. The SMILES string of the molecule is CC(C)Cc1ccc(S(=O)(=O)N(C)C2CCS(=O)(=O)C2)cc1. The van der Waals surface area contributed by atoms with E-state index in [0.717, 1.165) is 12.0 Å². The van der Waals surface area contributed by atoms with Crippen molar-refractivity contribution in [1.29, 1.82) is 0 Å². The first-order valence-corrected chi connectivity index (χ1v) is 10.7. The lowest BCUT2D eigenvalue weighted by Gasteiger charge is -2.22. The van der Waals surface area contributed by atoms with Crippen LogP contribution in [0.15, 0.2) is 29.2 Å². The van der Waals surface area contributed by atoms with Crippen LogP contribution in [-0.4, -0.2) is 45.7 Å². The first-order chi connectivity index (χ1) is 10.1. The highest BCUT2D eigenvalue weighted by molar-refractivity contribution is 7.92. The van der Waals surface area contributed by atoms with Crippen molar-refractivity contribution in [2.24, 2.45) is 5.92 Å². The van der Waals surface area contributed by atoms with Crippen LogP contribution in [0.4, 0.5) is 0 Å². The minimum Gasteiger partial charge on any atom is -0.229 e. The maximum Gasteiger partial charge on any atom is 0.243 e. The van der Waals surface area contributed by atoms with Gasteiger partial charge in [-0.1, -0.05) is 26.0 Å². The largest absolute Gasteiger partial charge is 0.243 e. The van der Waals surface area contributed by atoms with Gasteiger partial charge >= 0.3 is 0 Å². The Bertz CT molecular complexity index is 721. The van der Waals surface area contributed by atoms with E-state index in [-0.39, 0.29) is 16.4 Å². The molecule has 7 heteroatoms. The van der Waals surface area contributed by atoms with Crippen LogP contribution in [0.3, 0.4) is 0 Å². The summed E-state index contributed by atoms with van der Waals surface area (Å²) < 4.78 is 49.5. The number of hydrogen-bond donors (Lipinski definition) is 0. The zero-order valence-corrected chi connectivity index (χ0v) is 14.8. The third-order valence-electron chi connectivity index (χ3n) is 3.97. The van der Waals surface area contributed by atoms with Crippen LogP contribution >= 0.6 is 0 Å². The van der Waals surface area contributed by atoms with Crippen LogP contribution < -0.4 is 0 Å². The molecule has 1 aromatic rings. The number of hydrogen-bond acceptors (Lipinski definition) is 4. The van der Waals surface area contributed by atoms with E-state index < -0.39 is 25.9 Å². The minimum absolute atomic E-state index is 0.0604. The number of sulfone groups is 1. The molecular weight excluding hydrogens is 322 g/mol. The molecule has 0 spiro atoms. The Morgan fingerprint density at radius 3 is 2.27 bits per heavy atom. The number of benzene rings is 1. The fourth-order valence-corrected chi connectivity index (χ4v) is 5.95. The summed E-state index contributed by atoms with van der Waals surface area (Å²) in [7, 11) is -5.30. The van der Waals surface area contributed by atoms with Gasteiger partial charge in [0.1, 0.15) is 0 Å². The maximum atomic E-state index is 12.6. The first kappa shape index (κ1) is 17.4. The molecule has 2 rings (SSSR count). The lowest BCUT2D eigenvalue weighted by atomic mass is 10.0. The molecule has 124 valence electrons. The third-order valence-corrected chi connectivity index (χ3v) is 7.64. The topological polar surface area (TPSA) is 71.5 Å². The zero-order valence-electron chi connectivity index (χ0n) is 13.2. The smallest absolute Gasteiger partial charge is 0.229 e. The molecule has 1 saturated heterocycles. The van der Waals surface area contributed by atoms with Crippen LogP contribution in [0.5, 0.6) is 0 Å². The molecule has 0 saturated carbocycles. The Morgan fingerprint density at radius 1 is 1.23 bits per heavy atom. The fraction of sp³-hybridized carbons (Fsp3) is 0.600. The van der Waals surface area contributed by atoms with Gasteiger partial charge < -0.3 is 0 Å². The average Bonchev–Trinajstić information content (AvgIpc) is 2.78.